The maximum Gasteiger partial charge on any atom is -0.00274 e. The van der Waals surface area contributed by atoms with E-state index in [-0.39, 0.29) is 0 Å². The zero-order valence-electron chi connectivity index (χ0n) is 10.8. The fourth-order valence-corrected chi connectivity index (χ4v) is 3.36. The van der Waals surface area contributed by atoms with E-state index in [4.69, 9.17) is 0 Å². The van der Waals surface area contributed by atoms with Crippen LogP contribution in [0.4, 0.5) is 0 Å². The van der Waals surface area contributed by atoms with E-state index < -0.39 is 0 Å². The highest BCUT2D eigenvalue weighted by Gasteiger charge is 2.16. The van der Waals surface area contributed by atoms with Crippen LogP contribution in [0.5, 0.6) is 0 Å². The average molecular weight is 232 g/mol. The molecule has 0 bridgehead atoms. The molecule has 0 aliphatic heterocycles. The summed E-state index contributed by atoms with van der Waals surface area (Å²) in [7, 11) is 0. The Morgan fingerprint density at radius 2 is 1.78 bits per heavy atom. The van der Waals surface area contributed by atoms with Crippen LogP contribution < -0.4 is 5.22 Å². The average Bonchev–Trinajstić information content (AvgIpc) is 2.40. The molecular weight excluding hydrogens is 216 g/mol. The normalized spacial score (nSPS) is 18.2. The molecule has 0 heteroatoms. The number of rotatable bonds is 0. The Bertz CT molecular complexity index is 824. The molecule has 0 amide bonds. The van der Waals surface area contributed by atoms with Gasteiger partial charge in [0.1, 0.15) is 0 Å². The van der Waals surface area contributed by atoms with E-state index in [1.807, 2.05) is 0 Å². The second-order valence-corrected chi connectivity index (χ2v) is 5.55. The fourth-order valence-electron chi connectivity index (χ4n) is 3.36. The first-order chi connectivity index (χ1) is 8.75. The summed E-state index contributed by atoms with van der Waals surface area (Å²) in [6.45, 7) is 4.54. The van der Waals surface area contributed by atoms with Crippen molar-refractivity contribution in [2.24, 2.45) is 0 Å². The monoisotopic (exact) mass is 232 g/mol. The van der Waals surface area contributed by atoms with Crippen molar-refractivity contribution in [1.82, 2.24) is 0 Å². The highest BCUT2D eigenvalue weighted by Crippen LogP contribution is 2.35. The van der Waals surface area contributed by atoms with E-state index in [9.17, 15) is 0 Å². The van der Waals surface area contributed by atoms with Gasteiger partial charge in [-0.05, 0) is 57.2 Å². The van der Waals surface area contributed by atoms with E-state index in [1.54, 1.807) is 0 Å². The molecule has 0 N–H and O–H groups in total. The molecule has 0 heterocycles. The van der Waals surface area contributed by atoms with E-state index in [1.165, 1.54) is 44.3 Å². The Morgan fingerprint density at radius 3 is 2.67 bits per heavy atom. The van der Waals surface area contributed by atoms with Crippen LogP contribution in [0.3, 0.4) is 0 Å². The topological polar surface area (TPSA) is 0 Å². The molecule has 0 aromatic heterocycles. The standard InChI is InChI=1S/C18H16/c1-11-3-5-13-7-8-14-6-4-12(2)16-10-9-15(11)17(13)18(14)16/h3,5-10,12H,4H2,1-2H3. The van der Waals surface area contributed by atoms with Gasteiger partial charge in [-0.15, -0.1) is 0 Å². The van der Waals surface area contributed by atoms with Crippen molar-refractivity contribution in [2.75, 3.05) is 0 Å². The highest BCUT2D eigenvalue weighted by atomic mass is 14.2. The van der Waals surface area contributed by atoms with Crippen LogP contribution in [0, 0.1) is 6.92 Å². The summed E-state index contributed by atoms with van der Waals surface area (Å²) in [5.74, 6) is 0.646. The van der Waals surface area contributed by atoms with Gasteiger partial charge in [-0.1, -0.05) is 49.4 Å². The van der Waals surface area contributed by atoms with E-state index in [0.29, 0.717) is 5.92 Å². The summed E-state index contributed by atoms with van der Waals surface area (Å²) in [5.41, 5.74) is 2.90. The molecule has 0 saturated carbocycles. The lowest BCUT2D eigenvalue weighted by atomic mass is 9.84. The van der Waals surface area contributed by atoms with Gasteiger partial charge in [0.15, 0.2) is 0 Å². The Hall–Kier alpha value is -1.82. The molecule has 1 aliphatic carbocycles. The van der Waals surface area contributed by atoms with Crippen molar-refractivity contribution in [2.45, 2.75) is 26.2 Å². The lowest BCUT2D eigenvalue weighted by molar-refractivity contribution is 0.803. The van der Waals surface area contributed by atoms with Crippen LogP contribution in [-0.4, -0.2) is 0 Å². The third kappa shape index (κ3) is 1.16. The van der Waals surface area contributed by atoms with Gasteiger partial charge in [0.25, 0.3) is 0 Å². The van der Waals surface area contributed by atoms with Gasteiger partial charge in [-0.25, -0.2) is 0 Å². The minimum Gasteiger partial charge on any atom is -0.0760 e. The molecule has 1 atom stereocenters. The SMILES string of the molecule is Cc1ccc2ccc3c4c(ccc1c24)C(C)CC=3. The third-order valence-corrected chi connectivity index (χ3v) is 4.42. The van der Waals surface area contributed by atoms with Gasteiger partial charge in [0.2, 0.25) is 0 Å². The maximum absolute atomic E-state index is 2.40. The van der Waals surface area contributed by atoms with E-state index >= 15 is 0 Å². The summed E-state index contributed by atoms with van der Waals surface area (Å²) in [6, 6.07) is 13.7. The lowest BCUT2D eigenvalue weighted by Crippen LogP contribution is -2.12. The Morgan fingerprint density at radius 1 is 0.944 bits per heavy atom. The maximum atomic E-state index is 2.40. The number of hydrogen-bond acceptors (Lipinski definition) is 0. The van der Waals surface area contributed by atoms with Crippen LogP contribution in [-0.2, 0) is 0 Å². The van der Waals surface area contributed by atoms with E-state index in [0.717, 1.165) is 0 Å². The van der Waals surface area contributed by atoms with Gasteiger partial charge in [0, 0.05) is 0 Å². The highest BCUT2D eigenvalue weighted by molar-refractivity contribution is 6.13. The Labute approximate surface area is 107 Å². The number of aryl methyl sites for hydroxylation is 1. The van der Waals surface area contributed by atoms with Crippen molar-refractivity contribution in [3.05, 3.63) is 52.7 Å². The second kappa shape index (κ2) is 3.35. The van der Waals surface area contributed by atoms with Crippen LogP contribution in [0.15, 0.2) is 36.4 Å². The molecule has 0 saturated heterocycles. The molecule has 0 radical (unpaired) electrons. The Balaban J connectivity index is 2.39. The largest absolute Gasteiger partial charge is 0.0760 e. The molecule has 18 heavy (non-hydrogen) atoms. The van der Waals surface area contributed by atoms with Gasteiger partial charge in [0.05, 0.1) is 0 Å². The zero-order valence-corrected chi connectivity index (χ0v) is 10.8. The molecule has 3 aromatic rings. The summed E-state index contributed by atoms with van der Waals surface area (Å²) < 4.78 is 0. The molecule has 3 aromatic carbocycles. The molecule has 0 fully saturated rings. The fraction of sp³-hybridized carbons (Fsp3) is 0.222. The van der Waals surface area contributed by atoms with Crippen LogP contribution in [0.25, 0.3) is 27.6 Å². The molecule has 88 valence electrons. The minimum atomic E-state index is 0.646. The van der Waals surface area contributed by atoms with Crippen LogP contribution in [0.2, 0.25) is 0 Å². The van der Waals surface area contributed by atoms with Gasteiger partial charge >= 0.3 is 0 Å². The first-order valence-electron chi connectivity index (χ1n) is 6.70. The Kier molecular flexibility index (Phi) is 1.89. The number of hydrogen-bond donors (Lipinski definition) is 0. The summed E-state index contributed by atoms with van der Waals surface area (Å²) in [4.78, 5) is 0. The molecular formula is C18H16. The summed E-state index contributed by atoms with van der Waals surface area (Å²) >= 11 is 0. The number of benzene rings is 3. The van der Waals surface area contributed by atoms with E-state index in [2.05, 4.69) is 56.3 Å². The third-order valence-electron chi connectivity index (χ3n) is 4.42. The lowest BCUT2D eigenvalue weighted by Gasteiger charge is -2.20. The smallest absolute Gasteiger partial charge is 0.00274 e. The molecule has 0 nitrogen and oxygen atoms in total. The molecule has 4 rings (SSSR count). The van der Waals surface area contributed by atoms with Crippen molar-refractivity contribution in [3.8, 4) is 0 Å². The summed E-state index contributed by atoms with van der Waals surface area (Å²) in [6.07, 6.45) is 3.56. The minimum absolute atomic E-state index is 0.646. The zero-order chi connectivity index (χ0) is 12.3. The van der Waals surface area contributed by atoms with Gasteiger partial charge < -0.3 is 0 Å². The predicted molar refractivity (Wildman–Crippen MR) is 78.9 cm³/mol. The molecule has 1 aliphatic rings. The van der Waals surface area contributed by atoms with Crippen LogP contribution in [0.1, 0.15) is 30.4 Å². The van der Waals surface area contributed by atoms with Crippen molar-refractivity contribution in [1.29, 1.82) is 0 Å². The van der Waals surface area contributed by atoms with Crippen molar-refractivity contribution in [3.63, 3.8) is 0 Å². The van der Waals surface area contributed by atoms with Gasteiger partial charge in [-0.3, -0.25) is 0 Å². The van der Waals surface area contributed by atoms with Crippen molar-refractivity contribution < 1.29 is 0 Å². The van der Waals surface area contributed by atoms with Crippen LogP contribution >= 0.6 is 0 Å². The summed E-state index contributed by atoms with van der Waals surface area (Å²) in [5, 5.41) is 7.17. The first-order valence-corrected chi connectivity index (χ1v) is 6.70. The quantitative estimate of drug-likeness (QED) is 0.542. The predicted octanol–water partition coefficient (Wildman–Crippen LogP) is 4.31. The second-order valence-electron chi connectivity index (χ2n) is 5.55. The van der Waals surface area contributed by atoms with Crippen molar-refractivity contribution >= 4 is 27.6 Å². The molecule has 1 unspecified atom stereocenters. The molecule has 0 spiro atoms. The first kappa shape index (κ1) is 10.1. The van der Waals surface area contributed by atoms with Gasteiger partial charge in [-0.2, -0.15) is 0 Å².